The van der Waals surface area contributed by atoms with Crippen LogP contribution < -0.4 is 4.74 Å². The van der Waals surface area contributed by atoms with Crippen LogP contribution in [0.4, 0.5) is 4.39 Å². The number of pyridine rings is 1. The fraction of sp³-hybridized carbons (Fsp3) is 0.536. The van der Waals surface area contributed by atoms with E-state index >= 15 is 0 Å². The first-order chi connectivity index (χ1) is 17.3. The first-order valence-corrected chi connectivity index (χ1v) is 12.9. The molecule has 4 rings (SSSR count). The Morgan fingerprint density at radius 1 is 1.25 bits per heavy atom. The Labute approximate surface area is 212 Å². The van der Waals surface area contributed by atoms with Gasteiger partial charge in [-0.2, -0.15) is 0 Å². The van der Waals surface area contributed by atoms with E-state index < -0.39 is 12.1 Å². The van der Waals surface area contributed by atoms with Crippen LogP contribution in [0.1, 0.15) is 56.3 Å². The van der Waals surface area contributed by atoms with Crippen molar-refractivity contribution in [3.05, 3.63) is 47.9 Å². The lowest BCUT2D eigenvalue weighted by molar-refractivity contribution is -0.136. The van der Waals surface area contributed by atoms with Crippen molar-refractivity contribution in [1.82, 2.24) is 14.8 Å². The molecule has 1 aliphatic heterocycles. The number of hydrogen-bond donors (Lipinski definition) is 1. The van der Waals surface area contributed by atoms with E-state index in [1.807, 2.05) is 14.0 Å². The number of nitrogens with zero attached hydrogens (tertiary/aromatic N) is 3. The smallest absolute Gasteiger partial charge is 0.259 e. The number of aromatic nitrogens is 1. The third kappa shape index (κ3) is 5.69. The van der Waals surface area contributed by atoms with Crippen LogP contribution in [0.5, 0.6) is 5.88 Å². The Kier molecular flexibility index (Phi) is 8.24. The molecule has 36 heavy (non-hydrogen) atoms. The van der Waals surface area contributed by atoms with Crippen molar-refractivity contribution in [1.29, 1.82) is 0 Å². The Morgan fingerprint density at radius 2 is 2.00 bits per heavy atom. The maximum absolute atomic E-state index is 13.8. The molecule has 0 bridgehead atoms. The summed E-state index contributed by atoms with van der Waals surface area (Å²) in [5, 5.41) is 9.86. The highest BCUT2D eigenvalue weighted by Crippen LogP contribution is 2.31. The molecule has 2 heterocycles. The van der Waals surface area contributed by atoms with Gasteiger partial charge in [-0.15, -0.1) is 0 Å². The summed E-state index contributed by atoms with van der Waals surface area (Å²) in [6.45, 7) is 4.33. The van der Waals surface area contributed by atoms with Crippen LogP contribution in [-0.4, -0.2) is 70.6 Å². The highest BCUT2D eigenvalue weighted by molar-refractivity contribution is 5.98. The highest BCUT2D eigenvalue weighted by Gasteiger charge is 2.35. The number of aliphatic hydroxyl groups excluding tert-OH is 1. The number of halogens is 1. The molecule has 8 heteroatoms. The standard InChI is InChI=1S/C28H36FN3O4/c1-18-15-32(19(2)17-33)28(35)24-13-22(21-10-7-11-23(29)12-21)14-30-26(24)36-25(18)16-31(3)27(34)20-8-5-4-6-9-20/h7,10-14,18-20,25,33H,4-6,8-9,15-17H2,1-3H3/t18-,19+,25-/m1/s1. The average Bonchev–Trinajstić information content (AvgIpc) is 2.90. The fourth-order valence-corrected chi connectivity index (χ4v) is 5.17. The monoisotopic (exact) mass is 497 g/mol. The van der Waals surface area contributed by atoms with E-state index in [9.17, 15) is 19.1 Å². The van der Waals surface area contributed by atoms with Crippen molar-refractivity contribution in [2.45, 2.75) is 58.1 Å². The third-order valence-electron chi connectivity index (χ3n) is 7.46. The van der Waals surface area contributed by atoms with E-state index in [2.05, 4.69) is 4.98 Å². The molecular weight excluding hydrogens is 461 g/mol. The lowest BCUT2D eigenvalue weighted by Gasteiger charge is -2.38. The molecule has 1 fully saturated rings. The lowest BCUT2D eigenvalue weighted by atomic mass is 9.88. The number of ether oxygens (including phenoxy) is 1. The summed E-state index contributed by atoms with van der Waals surface area (Å²) >= 11 is 0. The molecule has 1 aromatic heterocycles. The second kappa shape index (κ2) is 11.4. The molecule has 1 aliphatic carbocycles. The molecule has 0 spiro atoms. The minimum atomic E-state index is -0.411. The summed E-state index contributed by atoms with van der Waals surface area (Å²) in [6.07, 6.45) is 6.38. The summed E-state index contributed by atoms with van der Waals surface area (Å²) in [5.74, 6) is -0.405. The molecule has 2 aromatic rings. The summed E-state index contributed by atoms with van der Waals surface area (Å²) in [6, 6.07) is 7.37. The molecule has 0 saturated heterocycles. The SMILES string of the molecule is C[C@@H]1CN([C@@H](C)CO)C(=O)c2cc(-c3cccc(F)c3)cnc2O[C@@H]1CN(C)C(=O)C1CCCCC1. The van der Waals surface area contributed by atoms with Crippen molar-refractivity contribution in [2.75, 3.05) is 26.7 Å². The topological polar surface area (TPSA) is 83.0 Å². The van der Waals surface area contributed by atoms with Gasteiger partial charge in [-0.3, -0.25) is 9.59 Å². The molecule has 1 aromatic carbocycles. The van der Waals surface area contributed by atoms with E-state index in [1.54, 1.807) is 41.1 Å². The van der Waals surface area contributed by atoms with Gasteiger partial charge < -0.3 is 19.6 Å². The van der Waals surface area contributed by atoms with Gasteiger partial charge in [-0.25, -0.2) is 9.37 Å². The first-order valence-electron chi connectivity index (χ1n) is 12.9. The Bertz CT molecular complexity index is 1090. The van der Waals surface area contributed by atoms with Gasteiger partial charge in [-0.1, -0.05) is 38.3 Å². The number of carbonyl (C=O) groups is 2. The number of likely N-dealkylation sites (N-methyl/N-ethyl adjacent to an activating group) is 1. The van der Waals surface area contributed by atoms with E-state index in [4.69, 9.17) is 4.74 Å². The van der Waals surface area contributed by atoms with E-state index in [0.29, 0.717) is 24.2 Å². The third-order valence-corrected chi connectivity index (χ3v) is 7.46. The molecular formula is C28H36FN3O4. The van der Waals surface area contributed by atoms with Crippen molar-refractivity contribution < 1.29 is 23.8 Å². The number of fused-ring (bicyclic) bond motifs is 1. The predicted molar refractivity (Wildman–Crippen MR) is 135 cm³/mol. The number of carbonyl (C=O) groups excluding carboxylic acids is 2. The van der Waals surface area contributed by atoms with Gasteiger partial charge in [0.25, 0.3) is 5.91 Å². The van der Waals surface area contributed by atoms with Gasteiger partial charge in [-0.05, 0) is 43.5 Å². The zero-order valence-corrected chi connectivity index (χ0v) is 21.3. The number of hydrogen-bond acceptors (Lipinski definition) is 5. The molecule has 1 saturated carbocycles. The molecule has 7 nitrogen and oxygen atoms in total. The van der Waals surface area contributed by atoms with Crippen LogP contribution in [0.25, 0.3) is 11.1 Å². The van der Waals surface area contributed by atoms with Crippen LogP contribution >= 0.6 is 0 Å². The van der Waals surface area contributed by atoms with Crippen LogP contribution in [0.2, 0.25) is 0 Å². The Hall–Kier alpha value is -3.00. The molecule has 194 valence electrons. The van der Waals surface area contributed by atoms with E-state index in [0.717, 1.165) is 25.7 Å². The van der Waals surface area contributed by atoms with Gasteiger partial charge in [0, 0.05) is 37.2 Å². The van der Waals surface area contributed by atoms with E-state index in [1.165, 1.54) is 18.6 Å². The van der Waals surface area contributed by atoms with Crippen LogP contribution in [0.3, 0.4) is 0 Å². The molecule has 0 radical (unpaired) electrons. The summed E-state index contributed by atoms with van der Waals surface area (Å²) < 4.78 is 20.2. The number of benzene rings is 1. The highest BCUT2D eigenvalue weighted by atomic mass is 19.1. The van der Waals surface area contributed by atoms with Gasteiger partial charge >= 0.3 is 0 Å². The van der Waals surface area contributed by atoms with E-state index in [-0.39, 0.29) is 47.5 Å². The second-order valence-electron chi connectivity index (χ2n) is 10.3. The first kappa shape index (κ1) is 26.1. The van der Waals surface area contributed by atoms with Crippen LogP contribution in [-0.2, 0) is 4.79 Å². The minimum absolute atomic E-state index is 0.0549. The van der Waals surface area contributed by atoms with Crippen molar-refractivity contribution in [3.63, 3.8) is 0 Å². The lowest BCUT2D eigenvalue weighted by Crippen LogP contribution is -2.51. The van der Waals surface area contributed by atoms with Crippen LogP contribution in [0, 0.1) is 17.7 Å². The largest absolute Gasteiger partial charge is 0.472 e. The zero-order valence-electron chi connectivity index (χ0n) is 21.3. The number of aliphatic hydroxyl groups is 1. The fourth-order valence-electron chi connectivity index (χ4n) is 5.17. The van der Waals surface area contributed by atoms with Gasteiger partial charge in [0.05, 0.1) is 19.2 Å². The molecule has 3 atom stereocenters. The zero-order chi connectivity index (χ0) is 25.8. The van der Waals surface area contributed by atoms with Crippen molar-refractivity contribution >= 4 is 11.8 Å². The maximum atomic E-state index is 13.8. The van der Waals surface area contributed by atoms with Crippen molar-refractivity contribution in [3.8, 4) is 17.0 Å². The molecule has 2 amide bonds. The predicted octanol–water partition coefficient (Wildman–Crippen LogP) is 4.15. The normalized spacial score (nSPS) is 21.7. The van der Waals surface area contributed by atoms with Crippen LogP contribution in [0.15, 0.2) is 36.5 Å². The second-order valence-corrected chi connectivity index (χ2v) is 10.3. The van der Waals surface area contributed by atoms with Gasteiger partial charge in [0.15, 0.2) is 0 Å². The Balaban J connectivity index is 1.65. The summed E-state index contributed by atoms with van der Waals surface area (Å²) in [5.41, 5.74) is 1.46. The summed E-state index contributed by atoms with van der Waals surface area (Å²) in [4.78, 5) is 34.5. The number of rotatable bonds is 6. The quantitative estimate of drug-likeness (QED) is 0.649. The van der Waals surface area contributed by atoms with Crippen molar-refractivity contribution in [2.24, 2.45) is 11.8 Å². The minimum Gasteiger partial charge on any atom is -0.472 e. The molecule has 2 aliphatic rings. The summed E-state index contributed by atoms with van der Waals surface area (Å²) in [7, 11) is 1.81. The van der Waals surface area contributed by atoms with Gasteiger partial charge in [0.2, 0.25) is 11.8 Å². The van der Waals surface area contributed by atoms with Gasteiger partial charge in [0.1, 0.15) is 17.5 Å². The Morgan fingerprint density at radius 3 is 2.69 bits per heavy atom. The maximum Gasteiger partial charge on any atom is 0.259 e. The average molecular weight is 498 g/mol. The number of amides is 2. The molecule has 0 unspecified atom stereocenters. The molecule has 1 N–H and O–H groups in total.